The van der Waals surface area contributed by atoms with Crippen LogP contribution >= 0.6 is 6.72 Å². The molecule has 49 heavy (non-hydrogen) atoms. The Hall–Kier alpha value is -5.95. The minimum Gasteiger partial charge on any atom is -0.434 e. The van der Waals surface area contributed by atoms with Crippen molar-refractivity contribution < 1.29 is 37.7 Å². The Bertz CT molecular complexity index is 2070. The third-order valence-corrected chi connectivity index (χ3v) is 7.47. The lowest BCUT2D eigenvalue weighted by atomic mass is 10.1. The zero-order chi connectivity index (χ0) is 35.6. The van der Waals surface area contributed by atoms with E-state index in [1.54, 1.807) is 19.1 Å². The molecule has 1 aromatic rings. The van der Waals surface area contributed by atoms with E-state index in [1.165, 1.54) is 14.2 Å². The maximum atomic E-state index is 12.5. The summed E-state index contributed by atoms with van der Waals surface area (Å²) in [6.45, 7) is -2.12. The van der Waals surface area contributed by atoms with Crippen LogP contribution in [0.2, 0.25) is 0 Å². The monoisotopic (exact) mass is 687 g/mol. The summed E-state index contributed by atoms with van der Waals surface area (Å²) in [6.07, 6.45) is -2.34. The molecule has 11 heteroatoms. The molecule has 1 amide bonds. The number of nitrogens with one attached hydrogen (secondary N) is 1. The third kappa shape index (κ3) is 17.0. The van der Waals surface area contributed by atoms with Crippen molar-refractivity contribution >= 4 is 30.6 Å². The van der Waals surface area contributed by atoms with Crippen molar-refractivity contribution in [1.29, 1.82) is 0 Å². The molecule has 242 valence electrons. The Balaban J connectivity index is 1.93. The summed E-state index contributed by atoms with van der Waals surface area (Å²) in [7, 11) is 2.61. The average molecular weight is 688 g/mol. The van der Waals surface area contributed by atoms with Crippen LogP contribution in [0.4, 0.5) is 4.79 Å². The van der Waals surface area contributed by atoms with Crippen molar-refractivity contribution in [2.45, 2.75) is 38.2 Å². The van der Waals surface area contributed by atoms with Gasteiger partial charge < -0.3 is 33.5 Å². The summed E-state index contributed by atoms with van der Waals surface area (Å²) in [5, 5.41) is 2.73. The van der Waals surface area contributed by atoms with Gasteiger partial charge in [-0.05, 0) is 125 Å². The number of hydrogen-bond donors (Lipinski definition) is 2. The average Bonchev–Trinajstić information content (AvgIpc) is 3.41. The van der Waals surface area contributed by atoms with E-state index in [0.29, 0.717) is 0 Å². The highest BCUT2D eigenvalue weighted by Gasteiger charge is 2.47. The van der Waals surface area contributed by atoms with Gasteiger partial charge in [-0.1, -0.05) is 36.3 Å². The second-order valence-corrected chi connectivity index (χ2v) is 11.9. The molecule has 1 fully saturated rings. The molecule has 9 nitrogen and oxygen atoms in total. The van der Waals surface area contributed by atoms with Gasteiger partial charge in [0.15, 0.2) is 0 Å². The van der Waals surface area contributed by atoms with Gasteiger partial charge in [0.05, 0.1) is 6.04 Å². The molecule has 0 aliphatic heterocycles. The molecule has 1 aliphatic carbocycles. The van der Waals surface area contributed by atoms with Crippen molar-refractivity contribution in [3.63, 3.8) is 0 Å². The molecule has 0 bridgehead atoms. The second-order valence-electron chi connectivity index (χ2n) is 8.96. The molecule has 1 saturated carbocycles. The zero-order valence-corrected chi connectivity index (χ0v) is 28.2. The van der Waals surface area contributed by atoms with Crippen LogP contribution in [-0.4, -0.2) is 56.0 Å². The first-order valence-corrected chi connectivity index (χ1v) is 16.5. The Morgan fingerprint density at radius 1 is 0.796 bits per heavy atom. The summed E-state index contributed by atoms with van der Waals surface area (Å²) in [5.41, 5.74) is 0.787. The highest BCUT2D eigenvalue weighted by Crippen LogP contribution is 2.48. The highest BCUT2D eigenvalue weighted by atomic mass is 32.5. The van der Waals surface area contributed by atoms with Crippen LogP contribution in [0.5, 0.6) is 0 Å². The fourth-order valence-corrected chi connectivity index (χ4v) is 4.81. The molecular weight excluding hydrogens is 661 g/mol. The first kappa shape index (κ1) is 39.2. The predicted octanol–water partition coefficient (Wildman–Crippen LogP) is 2.16. The van der Waals surface area contributed by atoms with Gasteiger partial charge in [-0.15, -0.1) is 0 Å². The molecule has 2 N–H and O–H groups in total. The van der Waals surface area contributed by atoms with E-state index in [1.807, 2.05) is 18.2 Å². The lowest BCUT2D eigenvalue weighted by molar-refractivity contribution is -0.117. The summed E-state index contributed by atoms with van der Waals surface area (Å²) < 4.78 is 26.6. The van der Waals surface area contributed by atoms with Crippen LogP contribution in [0.15, 0.2) is 30.3 Å². The van der Waals surface area contributed by atoms with E-state index in [9.17, 15) is 14.5 Å². The van der Waals surface area contributed by atoms with Crippen molar-refractivity contribution in [2.24, 2.45) is 5.92 Å². The Morgan fingerprint density at radius 3 is 1.80 bits per heavy atom. The lowest BCUT2D eigenvalue weighted by Crippen LogP contribution is -2.44. The number of methoxy groups -OCH3 is 1. The quantitative estimate of drug-likeness (QED) is 0.229. The largest absolute Gasteiger partial charge is 0.508 e. The van der Waals surface area contributed by atoms with Crippen LogP contribution in [0.25, 0.3) is 0 Å². The Kier molecular flexibility index (Phi) is 18.7. The minimum absolute atomic E-state index is 0.0252. The van der Waals surface area contributed by atoms with E-state index < -0.39 is 42.9 Å². The Labute approximate surface area is 292 Å². The highest BCUT2D eigenvalue weighted by molar-refractivity contribution is 8.07. The van der Waals surface area contributed by atoms with Gasteiger partial charge in [-0.2, -0.15) is 0 Å². The number of carbonyl (C=O) groups excluding carboxylic acids is 2. The van der Waals surface area contributed by atoms with Gasteiger partial charge in [-0.3, -0.25) is 4.79 Å². The second kappa shape index (κ2) is 23.4. The molecule has 0 radical (unpaired) electrons. The molecule has 0 saturated heterocycles. The van der Waals surface area contributed by atoms with Gasteiger partial charge in [0, 0.05) is 37.9 Å². The summed E-state index contributed by atoms with van der Waals surface area (Å²) in [4.78, 5) is 35.1. The van der Waals surface area contributed by atoms with Gasteiger partial charge in [-0.25, -0.2) is 4.79 Å². The topological polar surface area (TPSA) is 113 Å². The fraction of sp³-hybridized carbons (Fsp3) is 0.263. The molecule has 1 aliphatic rings. The number of ether oxygens (including phenoxy) is 3. The van der Waals surface area contributed by atoms with Crippen molar-refractivity contribution in [2.75, 3.05) is 20.8 Å². The van der Waals surface area contributed by atoms with E-state index >= 15 is 0 Å². The van der Waals surface area contributed by atoms with Crippen LogP contribution in [-0.2, 0) is 46.5 Å². The van der Waals surface area contributed by atoms with E-state index in [0.717, 1.165) is 5.56 Å². The maximum absolute atomic E-state index is 12.5. The number of hydrogen-bond acceptors (Lipinski definition) is 8. The molecule has 0 spiro atoms. The molecule has 0 aromatic heterocycles. The molecular formula is C38H26NO8PS. The third-order valence-electron chi connectivity index (χ3n) is 5.79. The molecule has 1 aromatic carbocycles. The molecule has 2 rings (SSSR count). The van der Waals surface area contributed by atoms with Crippen molar-refractivity contribution in [3.8, 4) is 118 Å². The van der Waals surface area contributed by atoms with E-state index in [-0.39, 0.29) is 19.6 Å². The summed E-state index contributed by atoms with van der Waals surface area (Å²) in [6, 6.07) is 8.44. The standard InChI is InChI=1S/C38H26NO8PS/c1-4-5-6-7-8-9-10-11-12-13-14-15-16-17-18-19-20-21-25-28-35(40)39-34-29-33(36(37(34)43-2)47-48(42,49)44-3)31-46-38(41)45-30-32-26-23-22-24-27-32/h22-24,26-27,33-34,36-37H,29-31H2,1-3H3,(H,39,40)(H,42,49)/t33-,34-,36?,37-,48?/m1/s1. The lowest BCUT2D eigenvalue weighted by Gasteiger charge is -2.28. The normalized spacial score (nSPS) is 16.9. The van der Waals surface area contributed by atoms with Crippen molar-refractivity contribution in [1.82, 2.24) is 5.32 Å². The van der Waals surface area contributed by atoms with Gasteiger partial charge >= 0.3 is 12.9 Å². The van der Waals surface area contributed by atoms with Crippen LogP contribution in [0.1, 0.15) is 18.9 Å². The Morgan fingerprint density at radius 2 is 1.31 bits per heavy atom. The van der Waals surface area contributed by atoms with E-state index in [2.05, 4.69) is 124 Å². The fourth-order valence-electron chi connectivity index (χ4n) is 3.83. The number of rotatable bonds is 9. The zero-order valence-electron chi connectivity index (χ0n) is 26.5. The number of amides is 1. The van der Waals surface area contributed by atoms with Crippen molar-refractivity contribution in [3.05, 3.63) is 35.9 Å². The van der Waals surface area contributed by atoms with Crippen LogP contribution in [0.3, 0.4) is 0 Å². The summed E-state index contributed by atoms with van der Waals surface area (Å²) >= 11 is 5.02. The number of carbonyl (C=O) groups is 2. The smallest absolute Gasteiger partial charge is 0.434 e. The van der Waals surface area contributed by atoms with Gasteiger partial charge in [0.2, 0.25) is 0 Å². The number of benzene rings is 1. The molecule has 2 unspecified atom stereocenters. The first-order chi connectivity index (χ1) is 23.8. The van der Waals surface area contributed by atoms with Gasteiger partial charge in [0.25, 0.3) is 5.91 Å². The molecule has 0 heterocycles. The van der Waals surface area contributed by atoms with E-state index in [4.69, 9.17) is 35.1 Å². The maximum Gasteiger partial charge on any atom is 0.508 e. The minimum atomic E-state index is -3.65. The predicted molar refractivity (Wildman–Crippen MR) is 185 cm³/mol. The van der Waals surface area contributed by atoms with Gasteiger partial charge in [0.1, 0.15) is 25.4 Å². The van der Waals surface area contributed by atoms with Crippen LogP contribution in [0, 0.1) is 124 Å². The van der Waals surface area contributed by atoms with Crippen LogP contribution < -0.4 is 5.32 Å². The SMILES string of the molecule is CC#CC#CC#CC#CC#CC#CC#CC#CC#CC#CC(=O)N[C@@H]1C[C@H](COC(=O)OCc2ccccc2)C(OP(O)(=S)OC)[C@@H]1OC. The molecule has 5 atom stereocenters. The first-order valence-electron chi connectivity index (χ1n) is 14.0. The summed E-state index contributed by atoms with van der Waals surface area (Å²) in [5.74, 6) is 48.5.